The molecule has 7 nitrogen and oxygen atoms in total. The molecule has 2 aliphatic heterocycles. The average molecular weight is 385 g/mol. The molecule has 2 amide bonds. The Morgan fingerprint density at radius 1 is 1.35 bits per heavy atom. The highest BCUT2D eigenvalue weighted by Crippen LogP contribution is 2.25. The molecular weight excluding hydrogens is 370 g/mol. The van der Waals surface area contributed by atoms with Crippen molar-refractivity contribution in [3.8, 4) is 11.4 Å². The summed E-state index contributed by atoms with van der Waals surface area (Å²) in [5.41, 5.74) is 6.36. The highest BCUT2D eigenvalue weighted by molar-refractivity contribution is 7.99. The topological polar surface area (TPSA) is 87.2 Å². The van der Waals surface area contributed by atoms with Gasteiger partial charge in [-0.25, -0.2) is 9.99 Å². The summed E-state index contributed by atoms with van der Waals surface area (Å²) < 4.78 is 0. The predicted molar refractivity (Wildman–Crippen MR) is 102 cm³/mol. The van der Waals surface area contributed by atoms with Crippen molar-refractivity contribution in [1.82, 2.24) is 20.4 Å². The van der Waals surface area contributed by atoms with E-state index in [2.05, 4.69) is 20.7 Å². The second-order valence-electron chi connectivity index (χ2n) is 5.64. The Balaban J connectivity index is 1.40. The fraction of sp³-hybridized carbons (Fsp3) is 0.176. The Hall–Kier alpha value is -2.65. The van der Waals surface area contributed by atoms with E-state index in [9.17, 15) is 9.59 Å². The van der Waals surface area contributed by atoms with Gasteiger partial charge in [0.2, 0.25) is 5.91 Å². The molecule has 2 aromatic rings. The summed E-state index contributed by atoms with van der Waals surface area (Å²) in [5.74, 6) is 1.17. The molecule has 0 atom stereocenters. The van der Waals surface area contributed by atoms with Gasteiger partial charge in [0.1, 0.15) is 12.2 Å². The van der Waals surface area contributed by atoms with Crippen LogP contribution in [0.1, 0.15) is 0 Å². The maximum absolute atomic E-state index is 12.3. The van der Waals surface area contributed by atoms with Crippen LogP contribution in [0.15, 0.2) is 53.2 Å². The van der Waals surface area contributed by atoms with E-state index in [1.165, 1.54) is 16.3 Å². The molecule has 0 aromatic carbocycles. The van der Waals surface area contributed by atoms with Gasteiger partial charge in [0, 0.05) is 29.2 Å². The van der Waals surface area contributed by atoms with E-state index in [0.29, 0.717) is 10.8 Å². The van der Waals surface area contributed by atoms with Crippen LogP contribution in [0.3, 0.4) is 0 Å². The standard InChI is InChI=1S/C17H15N5O2S2/c23-15(8-22-16(24)7-11-9-25-6-4-12(11)21-22)20-17-19-14(10-26-17)13-3-1-2-5-18-13/h1-5,7,10,21H,6,8-9H2,(H,19,20,23). The van der Waals surface area contributed by atoms with Gasteiger partial charge in [-0.3, -0.25) is 20.0 Å². The van der Waals surface area contributed by atoms with Crippen LogP contribution in [0, 0.1) is 0 Å². The van der Waals surface area contributed by atoms with Gasteiger partial charge in [-0.2, -0.15) is 11.8 Å². The normalized spacial score (nSPS) is 16.3. The molecule has 2 aromatic heterocycles. The van der Waals surface area contributed by atoms with Crippen molar-refractivity contribution in [2.75, 3.05) is 23.4 Å². The minimum absolute atomic E-state index is 0.0917. The highest BCUT2D eigenvalue weighted by atomic mass is 32.2. The number of hydrogen-bond acceptors (Lipinski definition) is 7. The molecule has 4 heterocycles. The number of aromatic nitrogens is 2. The van der Waals surface area contributed by atoms with E-state index < -0.39 is 0 Å². The highest BCUT2D eigenvalue weighted by Gasteiger charge is 2.25. The monoisotopic (exact) mass is 385 g/mol. The van der Waals surface area contributed by atoms with Crippen LogP contribution in [0.4, 0.5) is 5.13 Å². The first-order chi connectivity index (χ1) is 12.7. The summed E-state index contributed by atoms with van der Waals surface area (Å²) >= 11 is 3.07. The summed E-state index contributed by atoms with van der Waals surface area (Å²) in [6.45, 7) is -0.0917. The summed E-state index contributed by atoms with van der Waals surface area (Å²) in [5, 5.41) is 6.36. The lowest BCUT2D eigenvalue weighted by molar-refractivity contribution is -0.133. The number of allylic oxidation sites excluding steroid dienone is 1. The maximum atomic E-state index is 12.3. The molecule has 0 saturated heterocycles. The largest absolute Gasteiger partial charge is 0.300 e. The molecule has 0 spiro atoms. The molecule has 0 bridgehead atoms. The number of rotatable bonds is 4. The van der Waals surface area contributed by atoms with Crippen molar-refractivity contribution in [1.29, 1.82) is 0 Å². The quantitative estimate of drug-likeness (QED) is 0.838. The Morgan fingerprint density at radius 2 is 2.27 bits per heavy atom. The first-order valence-corrected chi connectivity index (χ1v) is 9.96. The van der Waals surface area contributed by atoms with Crippen LogP contribution >= 0.6 is 23.1 Å². The van der Waals surface area contributed by atoms with Gasteiger partial charge in [0.15, 0.2) is 5.13 Å². The van der Waals surface area contributed by atoms with Crippen molar-refractivity contribution in [2.45, 2.75) is 0 Å². The van der Waals surface area contributed by atoms with Gasteiger partial charge in [-0.05, 0) is 23.8 Å². The molecule has 0 fully saturated rings. The minimum atomic E-state index is -0.310. The Morgan fingerprint density at radius 3 is 3.12 bits per heavy atom. The third-order valence-corrected chi connectivity index (χ3v) is 5.48. The Kier molecular flexibility index (Phi) is 4.72. The number of thioether (sulfide) groups is 1. The van der Waals surface area contributed by atoms with Crippen molar-refractivity contribution < 1.29 is 9.59 Å². The van der Waals surface area contributed by atoms with Crippen LogP contribution in [-0.2, 0) is 9.59 Å². The lowest BCUT2D eigenvalue weighted by Crippen LogP contribution is -2.49. The molecule has 26 heavy (non-hydrogen) atoms. The van der Waals surface area contributed by atoms with Gasteiger partial charge in [-0.1, -0.05) is 6.07 Å². The Bertz CT molecular complexity index is 907. The average Bonchev–Trinajstić information content (AvgIpc) is 3.11. The van der Waals surface area contributed by atoms with Crippen molar-refractivity contribution in [3.05, 3.63) is 53.2 Å². The zero-order valence-electron chi connectivity index (χ0n) is 13.6. The molecule has 132 valence electrons. The fourth-order valence-corrected chi connectivity index (χ4v) is 4.15. The molecule has 0 aliphatic carbocycles. The summed E-state index contributed by atoms with van der Waals surface area (Å²) in [7, 11) is 0. The number of anilines is 1. The first kappa shape index (κ1) is 16.8. The third-order valence-electron chi connectivity index (χ3n) is 3.81. The minimum Gasteiger partial charge on any atom is -0.300 e. The number of carbonyl (C=O) groups excluding carboxylic acids is 2. The zero-order valence-corrected chi connectivity index (χ0v) is 15.3. The number of pyridine rings is 1. The molecule has 2 aliphatic rings. The van der Waals surface area contributed by atoms with Crippen molar-refractivity contribution in [2.24, 2.45) is 0 Å². The number of amides is 2. The lowest BCUT2D eigenvalue weighted by Gasteiger charge is -2.31. The molecule has 9 heteroatoms. The molecule has 2 N–H and O–H groups in total. The van der Waals surface area contributed by atoms with Gasteiger partial charge in [0.05, 0.1) is 11.4 Å². The van der Waals surface area contributed by atoms with Crippen LogP contribution in [0.5, 0.6) is 0 Å². The summed E-state index contributed by atoms with van der Waals surface area (Å²) in [6.07, 6.45) is 5.31. The molecule has 0 unspecified atom stereocenters. The van der Waals surface area contributed by atoms with Crippen LogP contribution < -0.4 is 10.7 Å². The molecule has 0 saturated carbocycles. The number of nitrogens with zero attached hydrogens (tertiary/aromatic N) is 3. The van der Waals surface area contributed by atoms with E-state index >= 15 is 0 Å². The smallest absolute Gasteiger partial charge is 0.265 e. The van der Waals surface area contributed by atoms with Crippen LogP contribution in [0.25, 0.3) is 11.4 Å². The molecular formula is C17H15N5O2S2. The van der Waals surface area contributed by atoms with Crippen LogP contribution in [0.2, 0.25) is 0 Å². The number of fused-ring (bicyclic) bond motifs is 1. The van der Waals surface area contributed by atoms with E-state index in [1.807, 2.05) is 29.7 Å². The summed E-state index contributed by atoms with van der Waals surface area (Å²) in [6, 6.07) is 5.58. The Labute approximate surface area is 158 Å². The second kappa shape index (κ2) is 7.30. The second-order valence-corrected chi connectivity index (χ2v) is 7.53. The number of nitrogens with one attached hydrogen (secondary N) is 2. The number of thiazole rings is 1. The predicted octanol–water partition coefficient (Wildman–Crippen LogP) is 2.05. The maximum Gasteiger partial charge on any atom is 0.265 e. The van der Waals surface area contributed by atoms with E-state index in [0.717, 1.165) is 28.5 Å². The zero-order chi connectivity index (χ0) is 17.9. The molecule has 0 radical (unpaired) electrons. The van der Waals surface area contributed by atoms with Gasteiger partial charge >= 0.3 is 0 Å². The summed E-state index contributed by atoms with van der Waals surface area (Å²) in [4.78, 5) is 33.1. The third kappa shape index (κ3) is 3.63. The lowest BCUT2D eigenvalue weighted by atomic mass is 10.1. The van der Waals surface area contributed by atoms with E-state index in [4.69, 9.17) is 0 Å². The fourth-order valence-electron chi connectivity index (χ4n) is 2.57. The SMILES string of the molecule is O=C(CN1NC2=CCSCC2=CC1=O)Nc1nc(-c2ccccn2)cs1. The molecule has 4 rings (SSSR count). The van der Waals surface area contributed by atoms with Crippen molar-refractivity contribution in [3.63, 3.8) is 0 Å². The number of hydrazine groups is 1. The van der Waals surface area contributed by atoms with Gasteiger partial charge in [-0.15, -0.1) is 11.3 Å². The first-order valence-electron chi connectivity index (χ1n) is 7.93. The number of carbonyl (C=O) groups is 2. The van der Waals surface area contributed by atoms with Crippen molar-refractivity contribution >= 4 is 40.0 Å². The van der Waals surface area contributed by atoms with E-state index in [1.54, 1.807) is 24.0 Å². The van der Waals surface area contributed by atoms with Gasteiger partial charge < -0.3 is 5.32 Å². The van der Waals surface area contributed by atoms with E-state index in [-0.39, 0.29) is 18.4 Å². The number of hydrogen-bond donors (Lipinski definition) is 2. The van der Waals surface area contributed by atoms with Gasteiger partial charge in [0.25, 0.3) is 5.91 Å². The van der Waals surface area contributed by atoms with Crippen LogP contribution in [-0.4, -0.2) is 44.8 Å².